The molecule has 1 saturated carbocycles. The van der Waals surface area contributed by atoms with Crippen LogP contribution in [-0.2, 0) is 0 Å². The molecule has 7 heteroatoms. The van der Waals surface area contributed by atoms with Gasteiger partial charge in [0.25, 0.3) is 0 Å². The summed E-state index contributed by atoms with van der Waals surface area (Å²) in [7, 11) is 7.88. The first-order valence-corrected chi connectivity index (χ1v) is 14.6. The molecule has 4 rings (SSSR count). The van der Waals surface area contributed by atoms with Crippen LogP contribution in [0.15, 0.2) is 48.5 Å². The number of benzene rings is 2. The van der Waals surface area contributed by atoms with Crippen LogP contribution < -0.4 is 9.64 Å². The monoisotopic (exact) mass is 540 g/mol. The van der Waals surface area contributed by atoms with Crippen molar-refractivity contribution < 1.29 is 9.13 Å². The molecule has 2 atom stereocenters. The molecule has 2 unspecified atom stereocenters. The molecule has 0 amide bonds. The van der Waals surface area contributed by atoms with Crippen molar-refractivity contribution in [3.63, 3.8) is 0 Å². The van der Waals surface area contributed by atoms with Crippen LogP contribution in [0.2, 0.25) is 0 Å². The van der Waals surface area contributed by atoms with Crippen molar-refractivity contribution in [2.24, 2.45) is 5.92 Å². The van der Waals surface area contributed by atoms with Gasteiger partial charge in [0.1, 0.15) is 11.6 Å². The first kappa shape index (κ1) is 28.6. The first-order valence-electron chi connectivity index (χ1n) is 14.2. The molecule has 0 N–H and O–H groups in total. The first-order chi connectivity index (χ1) is 18.4. The van der Waals surface area contributed by atoms with Gasteiger partial charge < -0.3 is 19.4 Å². The molecule has 2 aromatic rings. The largest absolute Gasteiger partial charge is 0.495 e. The van der Waals surface area contributed by atoms with Crippen LogP contribution in [0.4, 0.5) is 10.1 Å². The number of thiocarbonyl (C=S) groups is 1. The van der Waals surface area contributed by atoms with Crippen LogP contribution in [0.25, 0.3) is 0 Å². The molecule has 2 fully saturated rings. The lowest BCUT2D eigenvalue weighted by molar-refractivity contribution is 0.150. The normalized spacial score (nSPS) is 18.6. The van der Waals surface area contributed by atoms with E-state index in [1.54, 1.807) is 19.2 Å². The second-order valence-corrected chi connectivity index (χ2v) is 11.5. The molecular weight excluding hydrogens is 495 g/mol. The number of piperazine rings is 1. The number of hydrogen-bond donors (Lipinski definition) is 0. The van der Waals surface area contributed by atoms with Gasteiger partial charge in [-0.25, -0.2) is 4.39 Å². The van der Waals surface area contributed by atoms with Crippen molar-refractivity contribution >= 4 is 23.0 Å². The molecule has 5 nitrogen and oxygen atoms in total. The summed E-state index contributed by atoms with van der Waals surface area (Å²) in [6, 6.07) is 15.8. The maximum absolute atomic E-state index is 15.4. The van der Waals surface area contributed by atoms with Crippen LogP contribution in [0.5, 0.6) is 5.75 Å². The summed E-state index contributed by atoms with van der Waals surface area (Å²) in [5.74, 6) is 1.42. The zero-order valence-electron chi connectivity index (χ0n) is 23.6. The van der Waals surface area contributed by atoms with E-state index in [1.807, 2.05) is 43.3 Å². The standard InChI is InChI=1S/C31H45FN4OS/c1-33(2)31(38)34(3)30(24-12-6-5-7-13-24)26(25-14-8-9-15-27(25)32)18-19-35-20-22-36(23-21-35)28-16-10-11-17-29(28)37-4/h8-11,14-17,24,26,30H,5-7,12-13,18-23H2,1-4H3. The van der Waals surface area contributed by atoms with Gasteiger partial charge in [0.2, 0.25) is 0 Å². The fourth-order valence-electron chi connectivity index (χ4n) is 6.54. The predicted octanol–water partition coefficient (Wildman–Crippen LogP) is 5.86. The molecule has 0 spiro atoms. The van der Waals surface area contributed by atoms with Crippen LogP contribution in [0.3, 0.4) is 0 Å². The summed E-state index contributed by atoms with van der Waals surface area (Å²) in [5, 5.41) is 0.826. The van der Waals surface area contributed by atoms with E-state index in [9.17, 15) is 0 Å². The molecule has 1 heterocycles. The lowest BCUT2D eigenvalue weighted by Crippen LogP contribution is -2.51. The van der Waals surface area contributed by atoms with Gasteiger partial charge in [0.05, 0.1) is 12.8 Å². The maximum atomic E-state index is 15.4. The summed E-state index contributed by atoms with van der Waals surface area (Å²) in [4.78, 5) is 9.25. The SMILES string of the molecule is COc1ccccc1N1CCN(CCC(c2ccccc2F)C(C2CCCCC2)N(C)C(=S)N(C)C)CC1. The molecule has 0 radical (unpaired) electrons. The highest BCUT2D eigenvalue weighted by Crippen LogP contribution is 2.39. The minimum Gasteiger partial charge on any atom is -0.495 e. The van der Waals surface area contributed by atoms with Gasteiger partial charge in [-0.1, -0.05) is 49.6 Å². The third-order valence-corrected chi connectivity index (χ3v) is 9.19. The Kier molecular flexibility index (Phi) is 10.3. The van der Waals surface area contributed by atoms with Gasteiger partial charge in [-0.3, -0.25) is 4.90 Å². The van der Waals surface area contributed by atoms with Crippen molar-refractivity contribution in [1.82, 2.24) is 14.7 Å². The Balaban J connectivity index is 1.52. The zero-order valence-corrected chi connectivity index (χ0v) is 24.4. The molecule has 1 saturated heterocycles. The molecule has 0 aromatic heterocycles. The quantitative estimate of drug-likeness (QED) is 0.369. The van der Waals surface area contributed by atoms with Crippen LogP contribution in [-0.4, -0.2) is 86.8 Å². The highest BCUT2D eigenvalue weighted by atomic mass is 32.1. The summed E-state index contributed by atoms with van der Waals surface area (Å²) in [5.41, 5.74) is 2.00. The average molecular weight is 541 g/mol. The number of para-hydroxylation sites is 2. The van der Waals surface area contributed by atoms with E-state index in [2.05, 4.69) is 33.9 Å². The minimum atomic E-state index is -0.0940. The summed E-state index contributed by atoms with van der Waals surface area (Å²) in [6.07, 6.45) is 7.08. The number of nitrogens with zero attached hydrogens (tertiary/aromatic N) is 4. The predicted molar refractivity (Wildman–Crippen MR) is 160 cm³/mol. The summed E-state index contributed by atoms with van der Waals surface area (Å²) < 4.78 is 21.0. The van der Waals surface area contributed by atoms with Crippen LogP contribution in [0, 0.1) is 11.7 Å². The van der Waals surface area contributed by atoms with E-state index in [1.165, 1.54) is 32.1 Å². The lowest BCUT2D eigenvalue weighted by Gasteiger charge is -2.45. The van der Waals surface area contributed by atoms with E-state index in [0.717, 1.165) is 61.3 Å². The Labute approximate surface area is 234 Å². The van der Waals surface area contributed by atoms with E-state index < -0.39 is 0 Å². The molecule has 38 heavy (non-hydrogen) atoms. The zero-order chi connectivity index (χ0) is 27.1. The highest BCUT2D eigenvalue weighted by Gasteiger charge is 2.37. The molecule has 208 valence electrons. The topological polar surface area (TPSA) is 22.2 Å². The molecule has 1 aliphatic heterocycles. The van der Waals surface area contributed by atoms with Gasteiger partial charge in [0, 0.05) is 59.3 Å². The van der Waals surface area contributed by atoms with E-state index in [4.69, 9.17) is 17.0 Å². The average Bonchev–Trinajstić information content (AvgIpc) is 2.95. The number of methoxy groups -OCH3 is 1. The molecule has 0 bridgehead atoms. The third-order valence-electron chi connectivity index (χ3n) is 8.54. The van der Waals surface area contributed by atoms with Crippen LogP contribution in [0.1, 0.15) is 50.0 Å². The smallest absolute Gasteiger partial charge is 0.171 e. The Morgan fingerprint density at radius 1 is 0.974 bits per heavy atom. The van der Waals surface area contributed by atoms with Crippen LogP contribution >= 0.6 is 12.2 Å². The number of rotatable bonds is 9. The Bertz CT molecular complexity index is 1040. The van der Waals surface area contributed by atoms with Crippen molar-refractivity contribution in [2.75, 3.05) is 65.9 Å². The van der Waals surface area contributed by atoms with E-state index >= 15 is 4.39 Å². The molecule has 2 aliphatic rings. The van der Waals surface area contributed by atoms with Gasteiger partial charge in [-0.2, -0.15) is 0 Å². The van der Waals surface area contributed by atoms with Gasteiger partial charge >= 0.3 is 0 Å². The number of anilines is 1. The Morgan fingerprint density at radius 3 is 2.29 bits per heavy atom. The van der Waals surface area contributed by atoms with Crippen molar-refractivity contribution in [3.05, 3.63) is 59.9 Å². The Morgan fingerprint density at radius 2 is 1.63 bits per heavy atom. The second-order valence-electron chi connectivity index (χ2n) is 11.1. The lowest BCUT2D eigenvalue weighted by atomic mass is 9.74. The number of ether oxygens (including phenoxy) is 1. The van der Waals surface area contributed by atoms with Crippen molar-refractivity contribution in [3.8, 4) is 5.75 Å². The number of likely N-dealkylation sites (N-methyl/N-ethyl adjacent to an activating group) is 1. The summed E-state index contributed by atoms with van der Waals surface area (Å²) >= 11 is 5.87. The van der Waals surface area contributed by atoms with Crippen molar-refractivity contribution in [2.45, 2.75) is 50.5 Å². The number of halogens is 1. The summed E-state index contributed by atoms with van der Waals surface area (Å²) in [6.45, 7) is 4.84. The number of hydrogen-bond acceptors (Lipinski definition) is 4. The Hall–Kier alpha value is -2.38. The van der Waals surface area contributed by atoms with Gasteiger partial charge in [0.15, 0.2) is 5.11 Å². The second kappa shape index (κ2) is 13.6. The highest BCUT2D eigenvalue weighted by molar-refractivity contribution is 7.80. The molecule has 1 aliphatic carbocycles. The molecular formula is C31H45FN4OS. The van der Waals surface area contributed by atoms with Crippen molar-refractivity contribution in [1.29, 1.82) is 0 Å². The minimum absolute atomic E-state index is 0.0782. The molecule has 2 aromatic carbocycles. The fraction of sp³-hybridized carbons (Fsp3) is 0.581. The van der Waals surface area contributed by atoms with Gasteiger partial charge in [-0.05, 0) is 67.7 Å². The third kappa shape index (κ3) is 6.78. The van der Waals surface area contributed by atoms with E-state index in [0.29, 0.717) is 5.92 Å². The maximum Gasteiger partial charge on any atom is 0.171 e. The fourth-order valence-corrected chi connectivity index (χ4v) is 6.67. The van der Waals surface area contributed by atoms with Gasteiger partial charge in [-0.15, -0.1) is 0 Å². The van der Waals surface area contributed by atoms with E-state index in [-0.39, 0.29) is 17.8 Å².